The number of carbonyl (C=O) groups excluding carboxylic acids is 2. The molecule has 1 aliphatic carbocycles. The standard InChI is InChI=1S/C24H28BrN7O3/c1-24(22(35)26-2)7-5-16(10-24)28-23-27-11-18-20(25)30-32(21(18)29-23)17-4-3-14-6-8-31(19(34)13-33)12-15(14)9-17/h3-4,9,11,16,33H,5-8,10,12-13H2,1-2H3,(H,26,35)(H,27,28,29)/t16-,24-/m1/s1. The molecule has 3 aromatic rings. The molecule has 2 atom stereocenters. The Kier molecular flexibility index (Phi) is 6.22. The van der Waals surface area contributed by atoms with E-state index in [2.05, 4.69) is 42.7 Å². The smallest absolute Gasteiger partial charge is 0.248 e. The van der Waals surface area contributed by atoms with Crippen LogP contribution in [-0.2, 0) is 22.6 Å². The summed E-state index contributed by atoms with van der Waals surface area (Å²) in [6, 6.07) is 6.19. The predicted molar refractivity (Wildman–Crippen MR) is 134 cm³/mol. The maximum Gasteiger partial charge on any atom is 0.248 e. The van der Waals surface area contributed by atoms with Crippen LogP contribution in [0.1, 0.15) is 37.3 Å². The van der Waals surface area contributed by atoms with Crippen LogP contribution in [0, 0.1) is 5.41 Å². The van der Waals surface area contributed by atoms with E-state index in [0.717, 1.165) is 35.9 Å². The van der Waals surface area contributed by atoms with Crippen LogP contribution in [0.25, 0.3) is 16.7 Å². The summed E-state index contributed by atoms with van der Waals surface area (Å²) in [7, 11) is 1.67. The molecule has 0 saturated heterocycles. The van der Waals surface area contributed by atoms with Gasteiger partial charge in [-0.1, -0.05) is 13.0 Å². The monoisotopic (exact) mass is 541 g/mol. The first-order chi connectivity index (χ1) is 16.8. The zero-order valence-corrected chi connectivity index (χ0v) is 21.3. The molecule has 2 aliphatic rings. The molecular formula is C24H28BrN7O3. The largest absolute Gasteiger partial charge is 0.387 e. The Morgan fingerprint density at radius 1 is 1.31 bits per heavy atom. The molecule has 0 radical (unpaired) electrons. The van der Waals surface area contributed by atoms with E-state index in [1.54, 1.807) is 22.8 Å². The second-order valence-corrected chi connectivity index (χ2v) is 10.3. The summed E-state index contributed by atoms with van der Waals surface area (Å²) < 4.78 is 2.41. The van der Waals surface area contributed by atoms with Gasteiger partial charge in [0.25, 0.3) is 0 Å². The quantitative estimate of drug-likeness (QED) is 0.451. The maximum absolute atomic E-state index is 12.3. The second-order valence-electron chi connectivity index (χ2n) is 9.53. The lowest BCUT2D eigenvalue weighted by Crippen LogP contribution is -2.37. The zero-order chi connectivity index (χ0) is 24.7. The van der Waals surface area contributed by atoms with Crippen LogP contribution < -0.4 is 10.6 Å². The molecule has 5 rings (SSSR count). The molecule has 3 N–H and O–H groups in total. The first kappa shape index (κ1) is 23.7. The highest BCUT2D eigenvalue weighted by atomic mass is 79.9. The lowest BCUT2D eigenvalue weighted by molar-refractivity contribution is -0.135. The minimum Gasteiger partial charge on any atom is -0.387 e. The van der Waals surface area contributed by atoms with Crippen molar-refractivity contribution in [3.8, 4) is 5.69 Å². The lowest BCUT2D eigenvalue weighted by Gasteiger charge is -2.28. The van der Waals surface area contributed by atoms with Crippen LogP contribution in [0.15, 0.2) is 29.0 Å². The van der Waals surface area contributed by atoms with Crippen LogP contribution >= 0.6 is 15.9 Å². The number of aliphatic hydroxyl groups excluding tert-OH is 1. The van der Waals surface area contributed by atoms with Gasteiger partial charge in [-0.3, -0.25) is 9.59 Å². The van der Waals surface area contributed by atoms with E-state index in [-0.39, 0.29) is 17.9 Å². The second kappa shape index (κ2) is 9.19. The highest BCUT2D eigenvalue weighted by Gasteiger charge is 2.41. The number of hydrogen-bond acceptors (Lipinski definition) is 7. The number of amides is 2. The van der Waals surface area contributed by atoms with E-state index < -0.39 is 12.0 Å². The van der Waals surface area contributed by atoms with Crippen LogP contribution in [0.4, 0.5) is 5.95 Å². The Balaban J connectivity index is 1.43. The van der Waals surface area contributed by atoms with Gasteiger partial charge in [0.2, 0.25) is 17.8 Å². The van der Waals surface area contributed by atoms with Gasteiger partial charge in [0.05, 0.1) is 11.1 Å². The molecule has 0 spiro atoms. The van der Waals surface area contributed by atoms with Crippen molar-refractivity contribution in [2.75, 3.05) is 25.5 Å². The molecule has 0 unspecified atom stereocenters. The summed E-state index contributed by atoms with van der Waals surface area (Å²) in [4.78, 5) is 35.2. The van der Waals surface area contributed by atoms with Crippen LogP contribution in [-0.4, -0.2) is 67.8 Å². The maximum atomic E-state index is 12.3. The van der Waals surface area contributed by atoms with E-state index in [4.69, 9.17) is 4.98 Å². The molecule has 3 heterocycles. The SMILES string of the molecule is CNC(=O)[C@]1(C)CC[C@@H](Nc2ncc3c(Br)nn(-c4ccc5c(c4)CN(C(=O)CO)CC5)c3n2)C1. The van der Waals surface area contributed by atoms with E-state index in [9.17, 15) is 14.7 Å². The van der Waals surface area contributed by atoms with Crippen molar-refractivity contribution in [2.45, 2.75) is 45.2 Å². The molecule has 2 amide bonds. The third-order valence-corrected chi connectivity index (χ3v) is 7.75. The van der Waals surface area contributed by atoms with E-state index in [0.29, 0.717) is 35.7 Å². The van der Waals surface area contributed by atoms with E-state index in [1.807, 2.05) is 19.1 Å². The van der Waals surface area contributed by atoms with Gasteiger partial charge in [-0.2, -0.15) is 10.1 Å². The van der Waals surface area contributed by atoms with Gasteiger partial charge in [-0.15, -0.1) is 0 Å². The molecule has 1 aromatic carbocycles. The van der Waals surface area contributed by atoms with Gasteiger partial charge in [0.15, 0.2) is 5.65 Å². The van der Waals surface area contributed by atoms with Crippen molar-refractivity contribution in [3.05, 3.63) is 40.1 Å². The van der Waals surface area contributed by atoms with E-state index in [1.165, 1.54) is 5.56 Å². The van der Waals surface area contributed by atoms with Gasteiger partial charge >= 0.3 is 0 Å². The van der Waals surface area contributed by atoms with Crippen LogP contribution in [0.2, 0.25) is 0 Å². The fraction of sp³-hybridized carbons (Fsp3) is 0.458. The molecule has 0 bridgehead atoms. The number of rotatable bonds is 5. The number of anilines is 1. The molecule has 1 aliphatic heterocycles. The van der Waals surface area contributed by atoms with Crippen molar-refractivity contribution in [1.29, 1.82) is 0 Å². The average Bonchev–Trinajstić information content (AvgIpc) is 3.42. The fourth-order valence-electron chi connectivity index (χ4n) is 5.16. The first-order valence-corrected chi connectivity index (χ1v) is 12.5. The number of nitrogens with zero attached hydrogens (tertiary/aromatic N) is 5. The van der Waals surface area contributed by atoms with Gasteiger partial charge in [0, 0.05) is 37.8 Å². The summed E-state index contributed by atoms with van der Waals surface area (Å²) in [6.07, 6.45) is 4.87. The summed E-state index contributed by atoms with van der Waals surface area (Å²) in [5, 5.41) is 20.8. The lowest BCUT2D eigenvalue weighted by atomic mass is 9.87. The summed E-state index contributed by atoms with van der Waals surface area (Å²) in [5.41, 5.74) is 3.30. The van der Waals surface area contributed by atoms with Gasteiger partial charge < -0.3 is 20.6 Å². The Morgan fingerprint density at radius 2 is 2.14 bits per heavy atom. The van der Waals surface area contributed by atoms with Crippen molar-refractivity contribution in [3.63, 3.8) is 0 Å². The Hall–Kier alpha value is -3.05. The predicted octanol–water partition coefficient (Wildman–Crippen LogP) is 2.17. The molecule has 1 fully saturated rings. The van der Waals surface area contributed by atoms with Gasteiger partial charge in [-0.05, 0) is 64.9 Å². The Morgan fingerprint density at radius 3 is 2.91 bits per heavy atom. The number of nitrogens with one attached hydrogen (secondary N) is 2. The third-order valence-electron chi connectivity index (χ3n) is 7.16. The Bertz CT molecular complexity index is 1310. The van der Waals surface area contributed by atoms with Crippen molar-refractivity contribution >= 4 is 44.7 Å². The average molecular weight is 542 g/mol. The number of benzene rings is 1. The first-order valence-electron chi connectivity index (χ1n) is 11.7. The molecule has 35 heavy (non-hydrogen) atoms. The molecule has 184 valence electrons. The van der Waals surface area contributed by atoms with Gasteiger partial charge in [-0.25, -0.2) is 9.67 Å². The van der Waals surface area contributed by atoms with Crippen molar-refractivity contribution < 1.29 is 14.7 Å². The normalized spacial score (nSPS) is 21.7. The Labute approximate surface area is 211 Å². The van der Waals surface area contributed by atoms with E-state index >= 15 is 0 Å². The number of aromatic nitrogens is 4. The fourth-order valence-corrected chi connectivity index (χ4v) is 5.60. The van der Waals surface area contributed by atoms with Crippen molar-refractivity contribution in [1.82, 2.24) is 30.0 Å². The minimum atomic E-state index is -0.484. The minimum absolute atomic E-state index is 0.0619. The number of carbonyl (C=O) groups is 2. The summed E-state index contributed by atoms with van der Waals surface area (Å²) in [5.74, 6) is 0.290. The van der Waals surface area contributed by atoms with Crippen LogP contribution in [0.3, 0.4) is 0 Å². The van der Waals surface area contributed by atoms with Crippen LogP contribution in [0.5, 0.6) is 0 Å². The highest BCUT2D eigenvalue weighted by Crippen LogP contribution is 2.39. The molecule has 10 nitrogen and oxygen atoms in total. The summed E-state index contributed by atoms with van der Waals surface area (Å²) >= 11 is 3.52. The highest BCUT2D eigenvalue weighted by molar-refractivity contribution is 9.10. The number of fused-ring (bicyclic) bond motifs is 2. The topological polar surface area (TPSA) is 125 Å². The van der Waals surface area contributed by atoms with Crippen molar-refractivity contribution in [2.24, 2.45) is 5.41 Å². The number of aliphatic hydroxyl groups is 1. The molecule has 1 saturated carbocycles. The number of hydrogen-bond donors (Lipinski definition) is 3. The number of halogens is 1. The summed E-state index contributed by atoms with van der Waals surface area (Å²) in [6.45, 7) is 2.57. The molecule has 11 heteroatoms. The van der Waals surface area contributed by atoms with Gasteiger partial charge in [0.1, 0.15) is 11.2 Å². The molecule has 2 aromatic heterocycles. The zero-order valence-electron chi connectivity index (χ0n) is 19.7. The molecular weight excluding hydrogens is 514 g/mol. The third kappa shape index (κ3) is 4.38.